The first kappa shape index (κ1) is 14.0. The van der Waals surface area contributed by atoms with Crippen molar-refractivity contribution in [1.82, 2.24) is 21.4 Å². The van der Waals surface area contributed by atoms with Crippen molar-refractivity contribution in [1.29, 1.82) is 0 Å². The second-order valence-electron chi connectivity index (χ2n) is 5.67. The van der Waals surface area contributed by atoms with Crippen LogP contribution in [0.1, 0.15) is 30.5 Å². The molecule has 3 unspecified atom stereocenters. The van der Waals surface area contributed by atoms with Gasteiger partial charge >= 0.3 is 0 Å². The molecule has 2 aliphatic heterocycles. The van der Waals surface area contributed by atoms with Crippen LogP contribution in [0.4, 0.5) is 0 Å². The van der Waals surface area contributed by atoms with Gasteiger partial charge in [-0.05, 0) is 24.5 Å². The molecule has 2 heterocycles. The van der Waals surface area contributed by atoms with E-state index in [2.05, 4.69) is 52.6 Å². The Balaban J connectivity index is 1.50. The molecule has 0 amide bonds. The maximum absolute atomic E-state index is 5.40. The predicted molar refractivity (Wildman–Crippen MR) is 79.0 cm³/mol. The molecule has 0 radical (unpaired) electrons. The normalized spacial score (nSPS) is 30.6. The number of benzene rings is 1. The van der Waals surface area contributed by atoms with Gasteiger partial charge in [-0.15, -0.1) is 0 Å². The van der Waals surface area contributed by atoms with Gasteiger partial charge in [0.25, 0.3) is 0 Å². The van der Waals surface area contributed by atoms with Gasteiger partial charge in [0.2, 0.25) is 0 Å². The summed E-state index contributed by atoms with van der Waals surface area (Å²) in [7, 11) is 0. The van der Waals surface area contributed by atoms with Crippen molar-refractivity contribution in [2.75, 3.05) is 19.6 Å². The number of hydrogen-bond acceptors (Lipinski definition) is 5. The van der Waals surface area contributed by atoms with Crippen molar-refractivity contribution < 1.29 is 4.84 Å². The van der Waals surface area contributed by atoms with Gasteiger partial charge in [-0.2, -0.15) is 5.48 Å². The average molecular weight is 276 g/mol. The Kier molecular flexibility index (Phi) is 4.65. The number of hydrogen-bond donors (Lipinski definition) is 4. The monoisotopic (exact) mass is 276 g/mol. The molecule has 3 rings (SSSR count). The minimum absolute atomic E-state index is 0.297. The summed E-state index contributed by atoms with van der Waals surface area (Å²) < 4.78 is 0. The van der Waals surface area contributed by atoms with Gasteiger partial charge in [-0.3, -0.25) is 15.5 Å². The van der Waals surface area contributed by atoms with Crippen LogP contribution in [0.25, 0.3) is 0 Å². The van der Waals surface area contributed by atoms with E-state index in [4.69, 9.17) is 4.84 Å². The van der Waals surface area contributed by atoms with Gasteiger partial charge in [0.15, 0.2) is 0 Å². The minimum atomic E-state index is 0.297. The summed E-state index contributed by atoms with van der Waals surface area (Å²) in [5.41, 5.74) is 5.71. The molecule has 4 N–H and O–H groups in total. The SMILES string of the molecule is CC1CC(c2ccc(CNC3CNCCN3)cc2)NO1. The van der Waals surface area contributed by atoms with Crippen LogP contribution in [0.15, 0.2) is 24.3 Å². The van der Waals surface area contributed by atoms with Gasteiger partial charge in [-0.1, -0.05) is 24.3 Å². The van der Waals surface area contributed by atoms with Crippen molar-refractivity contribution in [2.24, 2.45) is 0 Å². The summed E-state index contributed by atoms with van der Waals surface area (Å²) in [6.07, 6.45) is 1.70. The van der Waals surface area contributed by atoms with Gasteiger partial charge in [0, 0.05) is 26.2 Å². The quantitative estimate of drug-likeness (QED) is 0.650. The second-order valence-corrected chi connectivity index (χ2v) is 5.67. The van der Waals surface area contributed by atoms with Crippen LogP contribution >= 0.6 is 0 Å². The number of hydroxylamine groups is 1. The van der Waals surface area contributed by atoms with E-state index in [1.165, 1.54) is 11.1 Å². The fourth-order valence-corrected chi connectivity index (χ4v) is 2.74. The fourth-order valence-electron chi connectivity index (χ4n) is 2.74. The maximum atomic E-state index is 5.40. The Morgan fingerprint density at radius 2 is 2.10 bits per heavy atom. The van der Waals surface area contributed by atoms with Crippen molar-refractivity contribution in [2.45, 2.75) is 38.2 Å². The molecule has 5 heteroatoms. The van der Waals surface area contributed by atoms with Crippen LogP contribution in [0.2, 0.25) is 0 Å². The van der Waals surface area contributed by atoms with E-state index in [1.54, 1.807) is 0 Å². The zero-order valence-corrected chi connectivity index (χ0v) is 12.0. The van der Waals surface area contributed by atoms with Crippen molar-refractivity contribution in [3.8, 4) is 0 Å². The van der Waals surface area contributed by atoms with Crippen LogP contribution in [0, 0.1) is 0 Å². The van der Waals surface area contributed by atoms with E-state index in [9.17, 15) is 0 Å². The summed E-state index contributed by atoms with van der Waals surface area (Å²) in [5.74, 6) is 0. The lowest BCUT2D eigenvalue weighted by molar-refractivity contribution is 0.0364. The lowest BCUT2D eigenvalue weighted by atomic mass is 10.0. The third-order valence-electron chi connectivity index (χ3n) is 3.95. The van der Waals surface area contributed by atoms with E-state index in [1.807, 2.05) is 0 Å². The molecule has 110 valence electrons. The van der Waals surface area contributed by atoms with Crippen molar-refractivity contribution in [3.63, 3.8) is 0 Å². The number of nitrogens with one attached hydrogen (secondary N) is 4. The summed E-state index contributed by atoms with van der Waals surface area (Å²) in [6, 6.07) is 9.12. The predicted octanol–water partition coefficient (Wildman–Crippen LogP) is 0.650. The fraction of sp³-hybridized carbons (Fsp3) is 0.600. The van der Waals surface area contributed by atoms with E-state index in [0.29, 0.717) is 18.3 Å². The minimum Gasteiger partial charge on any atom is -0.313 e. The van der Waals surface area contributed by atoms with Gasteiger partial charge in [-0.25, -0.2) is 0 Å². The average Bonchev–Trinajstić information content (AvgIpc) is 2.93. The third-order valence-corrected chi connectivity index (χ3v) is 3.95. The smallest absolute Gasteiger partial charge is 0.0781 e. The summed E-state index contributed by atoms with van der Waals surface area (Å²) in [6.45, 7) is 6.06. The van der Waals surface area contributed by atoms with E-state index < -0.39 is 0 Å². The van der Waals surface area contributed by atoms with Crippen LogP contribution in [-0.2, 0) is 11.4 Å². The molecule has 2 saturated heterocycles. The Labute approximate surface area is 120 Å². The van der Waals surface area contributed by atoms with Crippen LogP contribution < -0.4 is 21.4 Å². The maximum Gasteiger partial charge on any atom is 0.0781 e. The lowest BCUT2D eigenvalue weighted by Crippen LogP contribution is -2.55. The molecule has 0 bridgehead atoms. The van der Waals surface area contributed by atoms with Gasteiger partial charge < -0.3 is 5.32 Å². The molecule has 0 aromatic heterocycles. The zero-order valence-electron chi connectivity index (χ0n) is 12.0. The Hall–Kier alpha value is -0.980. The molecule has 2 fully saturated rings. The molecule has 3 atom stereocenters. The number of rotatable bonds is 4. The first-order valence-electron chi connectivity index (χ1n) is 7.49. The van der Waals surface area contributed by atoms with Crippen molar-refractivity contribution >= 4 is 0 Å². The van der Waals surface area contributed by atoms with E-state index >= 15 is 0 Å². The third kappa shape index (κ3) is 3.56. The highest BCUT2D eigenvalue weighted by atomic mass is 16.7. The Bertz CT molecular complexity index is 416. The summed E-state index contributed by atoms with van der Waals surface area (Å²) >= 11 is 0. The largest absolute Gasteiger partial charge is 0.313 e. The van der Waals surface area contributed by atoms with E-state index in [-0.39, 0.29) is 0 Å². The van der Waals surface area contributed by atoms with Gasteiger partial charge in [0.05, 0.1) is 18.3 Å². The molecule has 0 saturated carbocycles. The molecule has 2 aliphatic rings. The first-order valence-corrected chi connectivity index (χ1v) is 7.49. The summed E-state index contributed by atoms with van der Waals surface area (Å²) in [5, 5.41) is 10.3. The zero-order chi connectivity index (χ0) is 13.8. The van der Waals surface area contributed by atoms with Gasteiger partial charge in [0.1, 0.15) is 0 Å². The molecule has 5 nitrogen and oxygen atoms in total. The van der Waals surface area contributed by atoms with E-state index in [0.717, 1.165) is 32.6 Å². The molecule has 20 heavy (non-hydrogen) atoms. The number of piperazine rings is 1. The topological polar surface area (TPSA) is 57.3 Å². The lowest BCUT2D eigenvalue weighted by Gasteiger charge is -2.25. The molecule has 0 aliphatic carbocycles. The highest BCUT2D eigenvalue weighted by molar-refractivity contribution is 5.25. The molecule has 0 spiro atoms. The molecular weight excluding hydrogens is 252 g/mol. The Morgan fingerprint density at radius 1 is 1.25 bits per heavy atom. The molecule has 1 aromatic carbocycles. The summed E-state index contributed by atoms with van der Waals surface area (Å²) in [4.78, 5) is 5.40. The Morgan fingerprint density at radius 3 is 2.75 bits per heavy atom. The molecular formula is C15H24N4O. The highest BCUT2D eigenvalue weighted by Gasteiger charge is 2.22. The highest BCUT2D eigenvalue weighted by Crippen LogP contribution is 2.25. The second kappa shape index (κ2) is 6.65. The molecule has 1 aromatic rings. The van der Waals surface area contributed by atoms with Crippen LogP contribution in [0.5, 0.6) is 0 Å². The van der Waals surface area contributed by atoms with Crippen LogP contribution in [0.3, 0.4) is 0 Å². The standard InChI is InChI=1S/C15H24N4O/c1-11-8-14(19-20-11)13-4-2-12(3-5-13)9-18-15-10-16-6-7-17-15/h2-5,11,14-19H,6-10H2,1H3. The first-order chi connectivity index (χ1) is 9.81. The van der Waals surface area contributed by atoms with Crippen LogP contribution in [-0.4, -0.2) is 31.9 Å². The van der Waals surface area contributed by atoms with Crippen molar-refractivity contribution in [3.05, 3.63) is 35.4 Å².